The number of hydrogen-bond acceptors (Lipinski definition) is 6. The maximum atomic E-state index is 13.2. The van der Waals surface area contributed by atoms with Crippen LogP contribution in [0.5, 0.6) is 0 Å². The zero-order valence-corrected chi connectivity index (χ0v) is 18.0. The van der Waals surface area contributed by atoms with E-state index in [1.807, 2.05) is 43.3 Å². The Morgan fingerprint density at radius 2 is 1.90 bits per heavy atom. The summed E-state index contributed by atoms with van der Waals surface area (Å²) in [5, 5.41) is 3.26. The number of fused-ring (bicyclic) bond motifs is 1. The van der Waals surface area contributed by atoms with E-state index in [9.17, 15) is 9.59 Å². The normalized spacial score (nSPS) is 15.4. The van der Waals surface area contributed by atoms with E-state index in [1.54, 1.807) is 29.3 Å². The van der Waals surface area contributed by atoms with Crippen molar-refractivity contribution in [2.45, 2.75) is 19.9 Å². The van der Waals surface area contributed by atoms with Gasteiger partial charge in [-0.2, -0.15) is 0 Å². The Labute approximate surface area is 183 Å². The fourth-order valence-electron chi connectivity index (χ4n) is 3.20. The second-order valence-electron chi connectivity index (χ2n) is 6.78. The maximum absolute atomic E-state index is 13.2. The minimum Gasteiger partial charge on any atom is -0.365 e. The lowest BCUT2D eigenvalue weighted by atomic mass is 10.2. The zero-order chi connectivity index (χ0) is 21.1. The number of pyridine rings is 1. The number of benzene rings is 1. The van der Waals surface area contributed by atoms with E-state index in [1.165, 1.54) is 16.2 Å². The van der Waals surface area contributed by atoms with Gasteiger partial charge in [-0.25, -0.2) is 4.98 Å². The van der Waals surface area contributed by atoms with Gasteiger partial charge in [0.15, 0.2) is 0 Å². The summed E-state index contributed by atoms with van der Waals surface area (Å²) in [6, 6.07) is 15.2. The maximum Gasteiger partial charge on any atom is 0.267 e. The standard InChI is InChI=1S/C22H20N4O2S2/c1-2-11-26-21(28)17(30-22(26)29)13-16-19(23-14-15-8-4-3-5-9-15)24-18-10-6-7-12-25(18)20(16)27/h3-10,12-13,23H,2,11,14H2,1H3/b17-13-. The van der Waals surface area contributed by atoms with E-state index in [4.69, 9.17) is 12.2 Å². The monoisotopic (exact) mass is 436 g/mol. The van der Waals surface area contributed by atoms with Crippen LogP contribution in [0.15, 0.2) is 64.4 Å². The third kappa shape index (κ3) is 4.01. The smallest absolute Gasteiger partial charge is 0.267 e. The summed E-state index contributed by atoms with van der Waals surface area (Å²) in [5.41, 5.74) is 1.70. The van der Waals surface area contributed by atoms with E-state index in [-0.39, 0.29) is 11.5 Å². The van der Waals surface area contributed by atoms with Gasteiger partial charge in [-0.1, -0.05) is 67.3 Å². The van der Waals surface area contributed by atoms with E-state index < -0.39 is 0 Å². The molecule has 1 aliphatic heterocycles. The summed E-state index contributed by atoms with van der Waals surface area (Å²) in [7, 11) is 0. The highest BCUT2D eigenvalue weighted by molar-refractivity contribution is 8.26. The minimum absolute atomic E-state index is 0.168. The van der Waals surface area contributed by atoms with Crippen LogP contribution in [-0.4, -0.2) is 31.1 Å². The van der Waals surface area contributed by atoms with Gasteiger partial charge in [0.05, 0.1) is 10.5 Å². The van der Waals surface area contributed by atoms with Crippen molar-refractivity contribution in [2.24, 2.45) is 0 Å². The van der Waals surface area contributed by atoms with Gasteiger partial charge in [0.1, 0.15) is 15.8 Å². The van der Waals surface area contributed by atoms with Crippen LogP contribution in [0, 0.1) is 0 Å². The van der Waals surface area contributed by atoms with Crippen LogP contribution < -0.4 is 10.9 Å². The summed E-state index contributed by atoms with van der Waals surface area (Å²) in [4.78, 5) is 32.6. The number of carbonyl (C=O) groups is 1. The molecule has 1 fully saturated rings. The molecule has 1 N–H and O–H groups in total. The molecule has 30 heavy (non-hydrogen) atoms. The number of aromatic nitrogens is 2. The molecule has 3 heterocycles. The molecule has 0 saturated carbocycles. The average molecular weight is 437 g/mol. The number of nitrogens with zero attached hydrogens (tertiary/aromatic N) is 3. The van der Waals surface area contributed by atoms with Crippen molar-refractivity contribution in [2.75, 3.05) is 11.9 Å². The second kappa shape index (κ2) is 8.81. The summed E-state index contributed by atoms with van der Waals surface area (Å²) in [6.45, 7) is 3.07. The molecule has 1 amide bonds. The first kappa shape index (κ1) is 20.3. The van der Waals surface area contributed by atoms with Crippen molar-refractivity contribution in [3.05, 3.63) is 81.1 Å². The van der Waals surface area contributed by atoms with Crippen LogP contribution in [0.1, 0.15) is 24.5 Å². The quantitative estimate of drug-likeness (QED) is 0.467. The number of anilines is 1. The zero-order valence-electron chi connectivity index (χ0n) is 16.4. The summed E-state index contributed by atoms with van der Waals surface area (Å²) < 4.78 is 1.99. The van der Waals surface area contributed by atoms with Crippen LogP contribution in [0.4, 0.5) is 5.82 Å². The lowest BCUT2D eigenvalue weighted by Gasteiger charge is -2.12. The van der Waals surface area contributed by atoms with Gasteiger partial charge in [-0.15, -0.1) is 0 Å². The molecule has 1 aliphatic rings. The Kier molecular flexibility index (Phi) is 5.96. The highest BCUT2D eigenvalue weighted by Crippen LogP contribution is 2.33. The first-order chi connectivity index (χ1) is 14.6. The molecule has 6 nitrogen and oxygen atoms in total. The van der Waals surface area contributed by atoms with Gasteiger partial charge in [-0.3, -0.25) is 18.9 Å². The molecule has 0 radical (unpaired) electrons. The fourth-order valence-corrected chi connectivity index (χ4v) is 4.49. The molecule has 8 heteroatoms. The van der Waals surface area contributed by atoms with E-state index in [0.717, 1.165) is 12.0 Å². The summed E-state index contributed by atoms with van der Waals surface area (Å²) >= 11 is 6.57. The van der Waals surface area contributed by atoms with Gasteiger partial charge < -0.3 is 5.32 Å². The average Bonchev–Trinajstić information content (AvgIpc) is 3.03. The number of nitrogens with one attached hydrogen (secondary N) is 1. The van der Waals surface area contributed by atoms with Crippen LogP contribution in [0.25, 0.3) is 11.7 Å². The van der Waals surface area contributed by atoms with Crippen molar-refractivity contribution in [3.8, 4) is 0 Å². The lowest BCUT2D eigenvalue weighted by molar-refractivity contribution is -0.122. The number of carbonyl (C=O) groups excluding carboxylic acids is 1. The fraction of sp³-hybridized carbons (Fsp3) is 0.182. The number of thioether (sulfide) groups is 1. The topological polar surface area (TPSA) is 66.7 Å². The Morgan fingerprint density at radius 3 is 2.67 bits per heavy atom. The number of amides is 1. The Balaban J connectivity index is 1.77. The van der Waals surface area contributed by atoms with Gasteiger partial charge in [-0.05, 0) is 30.2 Å². The number of hydrogen-bond donors (Lipinski definition) is 1. The molecule has 1 saturated heterocycles. The summed E-state index contributed by atoms with van der Waals surface area (Å²) in [6.07, 6.45) is 4.09. The van der Waals surface area contributed by atoms with E-state index in [2.05, 4.69) is 10.3 Å². The lowest BCUT2D eigenvalue weighted by Crippen LogP contribution is -2.28. The predicted molar refractivity (Wildman–Crippen MR) is 125 cm³/mol. The van der Waals surface area contributed by atoms with Gasteiger partial charge in [0, 0.05) is 19.3 Å². The van der Waals surface area contributed by atoms with E-state index in [0.29, 0.717) is 39.3 Å². The third-order valence-electron chi connectivity index (χ3n) is 4.67. The molecule has 0 aliphatic carbocycles. The molecule has 3 aromatic rings. The number of rotatable bonds is 6. The Bertz CT molecular complexity index is 1200. The van der Waals surface area contributed by atoms with Crippen molar-refractivity contribution < 1.29 is 4.79 Å². The van der Waals surface area contributed by atoms with Crippen molar-refractivity contribution >= 4 is 51.7 Å². The largest absolute Gasteiger partial charge is 0.365 e. The van der Waals surface area contributed by atoms with Crippen LogP contribution >= 0.6 is 24.0 Å². The van der Waals surface area contributed by atoms with Gasteiger partial charge in [0.2, 0.25) is 0 Å². The first-order valence-corrected chi connectivity index (χ1v) is 10.9. The molecular formula is C22H20N4O2S2. The molecule has 0 atom stereocenters. The second-order valence-corrected chi connectivity index (χ2v) is 8.46. The Hall–Kier alpha value is -2.97. The van der Waals surface area contributed by atoms with E-state index >= 15 is 0 Å². The van der Waals surface area contributed by atoms with Crippen molar-refractivity contribution in [1.29, 1.82) is 0 Å². The number of thiocarbonyl (C=S) groups is 1. The molecule has 152 valence electrons. The molecule has 0 spiro atoms. The molecule has 0 bridgehead atoms. The van der Waals surface area contributed by atoms with Crippen LogP contribution in [0.2, 0.25) is 0 Å². The highest BCUT2D eigenvalue weighted by atomic mass is 32.2. The Morgan fingerprint density at radius 1 is 1.13 bits per heavy atom. The van der Waals surface area contributed by atoms with Gasteiger partial charge >= 0.3 is 0 Å². The van der Waals surface area contributed by atoms with Crippen molar-refractivity contribution in [3.63, 3.8) is 0 Å². The molecule has 0 unspecified atom stereocenters. The molecule has 2 aromatic heterocycles. The minimum atomic E-state index is -0.239. The van der Waals surface area contributed by atoms with Crippen LogP contribution in [0.3, 0.4) is 0 Å². The highest BCUT2D eigenvalue weighted by Gasteiger charge is 2.31. The summed E-state index contributed by atoms with van der Waals surface area (Å²) in [5.74, 6) is 0.272. The molecular weight excluding hydrogens is 416 g/mol. The third-order valence-corrected chi connectivity index (χ3v) is 6.05. The van der Waals surface area contributed by atoms with Gasteiger partial charge in [0.25, 0.3) is 11.5 Å². The SMILES string of the molecule is CCCN1C(=O)/C(=C/c2c(NCc3ccccc3)nc3ccccn3c2=O)SC1=S. The van der Waals surface area contributed by atoms with Crippen molar-refractivity contribution in [1.82, 2.24) is 14.3 Å². The van der Waals surface area contributed by atoms with Crippen LogP contribution in [-0.2, 0) is 11.3 Å². The molecule has 4 rings (SSSR count). The molecule has 1 aromatic carbocycles. The predicted octanol–water partition coefficient (Wildman–Crippen LogP) is 3.92. The first-order valence-electron chi connectivity index (χ1n) is 9.63.